The lowest BCUT2D eigenvalue weighted by Gasteiger charge is -2.10. The van der Waals surface area contributed by atoms with E-state index in [0.29, 0.717) is 0 Å². The van der Waals surface area contributed by atoms with Crippen LogP contribution in [0.1, 0.15) is 24.0 Å². The third kappa shape index (κ3) is 2.08. The molecular formula is C22H20N2O. The van der Waals surface area contributed by atoms with Crippen LogP contribution in [-0.4, -0.2) is 4.57 Å². The lowest BCUT2D eigenvalue weighted by molar-refractivity contribution is -0.592. The fourth-order valence-corrected chi connectivity index (χ4v) is 4.24. The highest BCUT2D eigenvalue weighted by atomic mass is 16.5. The van der Waals surface area contributed by atoms with Gasteiger partial charge < -0.3 is 9.77 Å². The molecule has 3 heterocycles. The van der Waals surface area contributed by atoms with Gasteiger partial charge >= 0.3 is 0 Å². The van der Waals surface area contributed by atoms with Gasteiger partial charge in [-0.3, -0.25) is 0 Å². The van der Waals surface area contributed by atoms with Crippen LogP contribution in [0.3, 0.4) is 0 Å². The number of fused-ring (bicyclic) bond motifs is 3. The van der Waals surface area contributed by atoms with Crippen molar-refractivity contribution >= 4 is 21.8 Å². The molecule has 2 aromatic heterocycles. The molecule has 25 heavy (non-hydrogen) atoms. The van der Waals surface area contributed by atoms with Crippen LogP contribution in [-0.2, 0) is 13.0 Å². The minimum atomic E-state index is 0.765. The van der Waals surface area contributed by atoms with E-state index in [0.717, 1.165) is 40.9 Å². The van der Waals surface area contributed by atoms with Gasteiger partial charge in [-0.15, -0.1) is 0 Å². The van der Waals surface area contributed by atoms with E-state index in [1.54, 1.807) is 6.20 Å². The van der Waals surface area contributed by atoms with Gasteiger partial charge in [0.25, 0.3) is 0 Å². The first kappa shape index (κ1) is 14.5. The second kappa shape index (κ2) is 5.35. The number of aromatic nitrogens is 2. The Bertz CT molecular complexity index is 1110. The normalized spacial score (nSPS) is 14.1. The number of nitrogens with zero attached hydrogens (tertiary/aromatic N) is 2. The molecule has 3 heteroatoms. The molecular weight excluding hydrogens is 308 g/mol. The summed E-state index contributed by atoms with van der Waals surface area (Å²) in [6.45, 7) is 3.04. The molecule has 0 saturated heterocycles. The summed E-state index contributed by atoms with van der Waals surface area (Å²) < 4.78 is 3.41. The van der Waals surface area contributed by atoms with Crippen molar-refractivity contribution in [3.63, 3.8) is 0 Å². The average Bonchev–Trinajstić information content (AvgIpc) is 2.79. The predicted molar refractivity (Wildman–Crippen MR) is 102 cm³/mol. The monoisotopic (exact) mass is 328 g/mol. The molecule has 3 nitrogen and oxygen atoms in total. The van der Waals surface area contributed by atoms with Crippen molar-refractivity contribution in [2.24, 2.45) is 0 Å². The first-order chi connectivity index (χ1) is 12.2. The standard InChI is InChI=1S/C22H20N2O/c1-15-8-10-17(11-9-15)21-22-19(12-14-24(21)25)18-7-4-6-16-5-2-3-13-23(22)20(16)18/h4,6-12,14H,2-3,5,13H2,1H3. The van der Waals surface area contributed by atoms with Gasteiger partial charge in [0.05, 0.1) is 5.52 Å². The van der Waals surface area contributed by atoms with E-state index in [4.69, 9.17) is 0 Å². The second-order valence-electron chi connectivity index (χ2n) is 7.04. The quantitative estimate of drug-likeness (QED) is 0.367. The van der Waals surface area contributed by atoms with E-state index >= 15 is 0 Å². The third-order valence-electron chi connectivity index (χ3n) is 5.43. The van der Waals surface area contributed by atoms with Gasteiger partial charge in [-0.25, -0.2) is 0 Å². The van der Waals surface area contributed by atoms with Gasteiger partial charge in [0.15, 0.2) is 6.20 Å². The molecule has 0 bridgehead atoms. The fraction of sp³-hybridized carbons (Fsp3) is 0.227. The Labute approximate surface area is 146 Å². The zero-order chi connectivity index (χ0) is 17.0. The Kier molecular flexibility index (Phi) is 3.11. The van der Waals surface area contributed by atoms with Crippen LogP contribution in [0.15, 0.2) is 54.7 Å². The van der Waals surface area contributed by atoms with Crippen LogP contribution in [0.4, 0.5) is 0 Å². The van der Waals surface area contributed by atoms with Gasteiger partial charge in [-0.2, -0.15) is 4.73 Å². The van der Waals surface area contributed by atoms with Crippen LogP contribution in [0.25, 0.3) is 33.1 Å². The molecule has 124 valence electrons. The highest BCUT2D eigenvalue weighted by molar-refractivity contribution is 6.12. The number of benzene rings is 2. The zero-order valence-electron chi connectivity index (χ0n) is 14.3. The Morgan fingerprint density at radius 1 is 0.920 bits per heavy atom. The van der Waals surface area contributed by atoms with E-state index < -0.39 is 0 Å². The Morgan fingerprint density at radius 3 is 2.56 bits per heavy atom. The van der Waals surface area contributed by atoms with Crippen LogP contribution in [0.2, 0.25) is 0 Å². The van der Waals surface area contributed by atoms with E-state index in [1.807, 2.05) is 6.07 Å². The van der Waals surface area contributed by atoms with Crippen molar-refractivity contribution < 1.29 is 4.73 Å². The molecule has 1 aliphatic heterocycles. The average molecular weight is 328 g/mol. The van der Waals surface area contributed by atoms with Crippen LogP contribution < -0.4 is 4.73 Å². The number of aryl methyl sites for hydroxylation is 3. The van der Waals surface area contributed by atoms with Gasteiger partial charge in [0.2, 0.25) is 5.69 Å². The highest BCUT2D eigenvalue weighted by Crippen LogP contribution is 2.37. The lowest BCUT2D eigenvalue weighted by atomic mass is 10.0. The SMILES string of the molecule is Cc1ccc(-c2c3c(cc[n+]2[O-])c2cccc4c2n3CCCC4)cc1. The molecule has 2 aromatic carbocycles. The Morgan fingerprint density at radius 2 is 1.72 bits per heavy atom. The molecule has 0 atom stereocenters. The van der Waals surface area contributed by atoms with E-state index in [9.17, 15) is 5.21 Å². The van der Waals surface area contributed by atoms with Crippen molar-refractivity contribution in [1.29, 1.82) is 0 Å². The Balaban J connectivity index is 1.96. The summed E-state index contributed by atoms with van der Waals surface area (Å²) in [6.07, 6.45) is 5.12. The van der Waals surface area contributed by atoms with Crippen molar-refractivity contribution in [3.8, 4) is 11.3 Å². The second-order valence-corrected chi connectivity index (χ2v) is 7.04. The summed E-state index contributed by atoms with van der Waals surface area (Å²) in [5, 5.41) is 15.2. The summed E-state index contributed by atoms with van der Waals surface area (Å²) in [6, 6.07) is 16.8. The third-order valence-corrected chi connectivity index (χ3v) is 5.43. The largest absolute Gasteiger partial charge is 0.618 e. The van der Waals surface area contributed by atoms with Gasteiger partial charge in [0, 0.05) is 28.9 Å². The summed E-state index contributed by atoms with van der Waals surface area (Å²) >= 11 is 0. The molecule has 5 rings (SSSR count). The molecule has 0 saturated carbocycles. The molecule has 0 amide bonds. The minimum Gasteiger partial charge on any atom is -0.618 e. The Hall–Kier alpha value is -2.81. The summed E-state index contributed by atoms with van der Waals surface area (Å²) in [4.78, 5) is 0. The van der Waals surface area contributed by atoms with Crippen molar-refractivity contribution in [2.75, 3.05) is 0 Å². The van der Waals surface area contributed by atoms with E-state index in [1.165, 1.54) is 33.8 Å². The maximum Gasteiger partial charge on any atom is 0.248 e. The van der Waals surface area contributed by atoms with Crippen molar-refractivity contribution in [1.82, 2.24) is 4.57 Å². The molecule has 0 radical (unpaired) electrons. The summed E-state index contributed by atoms with van der Waals surface area (Å²) in [5.41, 5.74) is 6.74. The molecule has 4 aromatic rings. The molecule has 0 unspecified atom stereocenters. The molecule has 1 aliphatic rings. The number of pyridine rings is 1. The maximum absolute atomic E-state index is 12.8. The molecule has 0 aliphatic carbocycles. The van der Waals surface area contributed by atoms with Crippen LogP contribution in [0.5, 0.6) is 0 Å². The van der Waals surface area contributed by atoms with Gasteiger partial charge in [-0.1, -0.05) is 35.9 Å². The maximum atomic E-state index is 12.8. The summed E-state index contributed by atoms with van der Waals surface area (Å²) in [7, 11) is 0. The lowest BCUT2D eigenvalue weighted by Crippen LogP contribution is -2.29. The highest BCUT2D eigenvalue weighted by Gasteiger charge is 2.23. The smallest absolute Gasteiger partial charge is 0.248 e. The topological polar surface area (TPSA) is 31.9 Å². The van der Waals surface area contributed by atoms with Gasteiger partial charge in [-0.05, 0) is 43.9 Å². The van der Waals surface area contributed by atoms with Crippen LogP contribution >= 0.6 is 0 Å². The zero-order valence-corrected chi connectivity index (χ0v) is 14.3. The molecule has 0 spiro atoms. The number of hydrogen-bond acceptors (Lipinski definition) is 1. The fourth-order valence-electron chi connectivity index (χ4n) is 4.24. The molecule has 0 N–H and O–H groups in total. The first-order valence-corrected chi connectivity index (χ1v) is 8.97. The van der Waals surface area contributed by atoms with Crippen molar-refractivity contribution in [3.05, 3.63) is 71.1 Å². The number of hydrogen-bond donors (Lipinski definition) is 0. The predicted octanol–water partition coefficient (Wildman–Crippen LogP) is 4.74. The number of para-hydroxylation sites is 1. The van der Waals surface area contributed by atoms with Crippen LogP contribution in [0, 0.1) is 12.1 Å². The van der Waals surface area contributed by atoms with Gasteiger partial charge in [0.1, 0.15) is 5.52 Å². The minimum absolute atomic E-state index is 0.765. The number of rotatable bonds is 1. The summed E-state index contributed by atoms with van der Waals surface area (Å²) in [5.74, 6) is 0. The molecule has 0 fully saturated rings. The van der Waals surface area contributed by atoms with E-state index in [2.05, 4.69) is 54.0 Å². The first-order valence-electron chi connectivity index (χ1n) is 8.97. The van der Waals surface area contributed by atoms with Crippen molar-refractivity contribution in [2.45, 2.75) is 32.7 Å². The van der Waals surface area contributed by atoms with E-state index in [-0.39, 0.29) is 0 Å².